The Morgan fingerprint density at radius 1 is 1.10 bits per heavy atom. The van der Waals surface area contributed by atoms with Crippen LogP contribution >= 0.6 is 0 Å². The van der Waals surface area contributed by atoms with Crippen molar-refractivity contribution in [1.29, 1.82) is 0 Å². The molecular weight excluding hydrogens is 425 g/mol. The molecule has 0 fully saturated rings. The standard InChI is InChI=1S/C21H16FN3O5S/c1-13-17(6-4-7-18(13)25(27)28)23-21(26)12-24-19-10-9-14(22)11-16(19)15-5-2-3-8-20(15)31(24,29)30/h2-11H,12H2,1H3,(H,23,26). The van der Waals surface area contributed by atoms with Gasteiger partial charge < -0.3 is 5.32 Å². The predicted octanol–water partition coefficient (Wildman–Crippen LogP) is 3.86. The van der Waals surface area contributed by atoms with E-state index in [-0.39, 0.29) is 27.5 Å². The predicted molar refractivity (Wildman–Crippen MR) is 113 cm³/mol. The van der Waals surface area contributed by atoms with Crippen LogP contribution in [0.25, 0.3) is 11.1 Å². The molecule has 4 rings (SSSR count). The lowest BCUT2D eigenvalue weighted by atomic mass is 10.0. The number of hydrogen-bond acceptors (Lipinski definition) is 5. The number of benzene rings is 3. The Kier molecular flexibility index (Phi) is 4.94. The third-order valence-electron chi connectivity index (χ3n) is 5.04. The van der Waals surface area contributed by atoms with Gasteiger partial charge in [0, 0.05) is 17.2 Å². The molecule has 0 unspecified atom stereocenters. The maximum atomic E-state index is 13.9. The fourth-order valence-corrected chi connectivity index (χ4v) is 5.20. The lowest BCUT2D eigenvalue weighted by Crippen LogP contribution is -2.40. The summed E-state index contributed by atoms with van der Waals surface area (Å²) in [4.78, 5) is 23.2. The number of fused-ring (bicyclic) bond motifs is 3. The summed E-state index contributed by atoms with van der Waals surface area (Å²) in [5.41, 5.74) is 1.15. The van der Waals surface area contributed by atoms with Gasteiger partial charge in [-0.3, -0.25) is 19.2 Å². The second-order valence-electron chi connectivity index (χ2n) is 6.92. The molecule has 3 aromatic rings. The van der Waals surface area contributed by atoms with Gasteiger partial charge in [0.25, 0.3) is 15.7 Å². The van der Waals surface area contributed by atoms with E-state index in [4.69, 9.17) is 0 Å². The summed E-state index contributed by atoms with van der Waals surface area (Å²) >= 11 is 0. The Labute approximate surface area is 177 Å². The van der Waals surface area contributed by atoms with E-state index in [9.17, 15) is 27.7 Å². The van der Waals surface area contributed by atoms with Crippen LogP contribution in [0.15, 0.2) is 65.6 Å². The van der Waals surface area contributed by atoms with Crippen molar-refractivity contribution in [3.63, 3.8) is 0 Å². The molecule has 0 radical (unpaired) electrons. The molecule has 0 bridgehead atoms. The van der Waals surface area contributed by atoms with Gasteiger partial charge in [-0.1, -0.05) is 24.3 Å². The van der Waals surface area contributed by atoms with Crippen molar-refractivity contribution in [3.05, 3.63) is 82.2 Å². The number of nitro benzene ring substituents is 1. The summed E-state index contributed by atoms with van der Waals surface area (Å²) in [6, 6.07) is 14.0. The molecule has 31 heavy (non-hydrogen) atoms. The first-order valence-corrected chi connectivity index (χ1v) is 10.6. The van der Waals surface area contributed by atoms with Crippen LogP contribution in [0.5, 0.6) is 0 Å². The van der Waals surface area contributed by atoms with E-state index >= 15 is 0 Å². The van der Waals surface area contributed by atoms with Crippen molar-refractivity contribution in [2.24, 2.45) is 0 Å². The van der Waals surface area contributed by atoms with E-state index in [0.29, 0.717) is 11.1 Å². The summed E-state index contributed by atoms with van der Waals surface area (Å²) in [5, 5.41) is 13.7. The van der Waals surface area contributed by atoms with Crippen LogP contribution in [0.3, 0.4) is 0 Å². The van der Waals surface area contributed by atoms with E-state index in [1.807, 2.05) is 0 Å². The van der Waals surface area contributed by atoms with Crippen LogP contribution in [0.1, 0.15) is 5.56 Å². The molecule has 8 nitrogen and oxygen atoms in total. The number of nitrogens with zero attached hydrogens (tertiary/aromatic N) is 2. The average Bonchev–Trinajstić information content (AvgIpc) is 2.73. The zero-order valence-electron chi connectivity index (χ0n) is 16.2. The van der Waals surface area contributed by atoms with Crippen molar-refractivity contribution in [1.82, 2.24) is 0 Å². The smallest absolute Gasteiger partial charge is 0.274 e. The van der Waals surface area contributed by atoms with Crippen molar-refractivity contribution < 1.29 is 22.5 Å². The van der Waals surface area contributed by atoms with Crippen LogP contribution in [0, 0.1) is 22.9 Å². The van der Waals surface area contributed by atoms with Gasteiger partial charge in [0.2, 0.25) is 5.91 Å². The Morgan fingerprint density at radius 2 is 1.84 bits per heavy atom. The van der Waals surface area contributed by atoms with E-state index in [2.05, 4.69) is 5.32 Å². The summed E-state index contributed by atoms with van der Waals surface area (Å²) < 4.78 is 41.2. The van der Waals surface area contributed by atoms with Gasteiger partial charge in [0.05, 0.1) is 26.8 Å². The average molecular weight is 441 g/mol. The Balaban J connectivity index is 1.72. The van der Waals surface area contributed by atoms with Gasteiger partial charge in [-0.05, 0) is 37.3 Å². The molecule has 0 aliphatic carbocycles. The molecule has 1 aliphatic heterocycles. The first-order chi connectivity index (χ1) is 14.7. The number of carbonyl (C=O) groups excluding carboxylic acids is 1. The summed E-state index contributed by atoms with van der Waals surface area (Å²) in [5.74, 6) is -1.23. The molecule has 1 aliphatic rings. The number of carbonyl (C=O) groups is 1. The molecular formula is C21H16FN3O5S. The zero-order valence-corrected chi connectivity index (χ0v) is 17.0. The Hall–Kier alpha value is -3.79. The number of nitro groups is 1. The largest absolute Gasteiger partial charge is 0.324 e. The third kappa shape index (κ3) is 3.50. The maximum Gasteiger partial charge on any atom is 0.274 e. The second-order valence-corrected chi connectivity index (χ2v) is 8.76. The fraction of sp³-hybridized carbons (Fsp3) is 0.0952. The molecule has 0 spiro atoms. The highest BCUT2D eigenvalue weighted by molar-refractivity contribution is 7.93. The van der Waals surface area contributed by atoms with Crippen LogP contribution < -0.4 is 9.62 Å². The Bertz CT molecular complexity index is 1340. The minimum atomic E-state index is -4.09. The molecule has 158 valence electrons. The highest BCUT2D eigenvalue weighted by atomic mass is 32.2. The normalized spacial score (nSPS) is 13.8. The summed E-state index contributed by atoms with van der Waals surface area (Å²) in [7, 11) is -4.09. The highest BCUT2D eigenvalue weighted by Crippen LogP contribution is 2.43. The van der Waals surface area contributed by atoms with Gasteiger partial charge in [-0.15, -0.1) is 0 Å². The number of rotatable bonds is 4. The van der Waals surface area contributed by atoms with E-state index < -0.39 is 33.2 Å². The van der Waals surface area contributed by atoms with Crippen molar-refractivity contribution in [2.75, 3.05) is 16.2 Å². The number of amides is 1. The molecule has 1 N–H and O–H groups in total. The third-order valence-corrected chi connectivity index (χ3v) is 6.85. The summed E-state index contributed by atoms with van der Waals surface area (Å²) in [6.45, 7) is 0.900. The molecule has 3 aromatic carbocycles. The number of halogens is 1. The van der Waals surface area contributed by atoms with Gasteiger partial charge >= 0.3 is 0 Å². The van der Waals surface area contributed by atoms with Crippen LogP contribution in [-0.4, -0.2) is 25.8 Å². The molecule has 10 heteroatoms. The number of sulfonamides is 1. The molecule has 0 saturated heterocycles. The SMILES string of the molecule is Cc1c(NC(=O)CN2c3ccc(F)cc3-c3ccccc3S2(=O)=O)cccc1[N+](=O)[O-]. The molecule has 0 saturated carbocycles. The van der Waals surface area contributed by atoms with Gasteiger partial charge in [0.1, 0.15) is 12.4 Å². The van der Waals surface area contributed by atoms with Crippen molar-refractivity contribution in [2.45, 2.75) is 11.8 Å². The minimum Gasteiger partial charge on any atom is -0.324 e. The van der Waals surface area contributed by atoms with E-state index in [1.54, 1.807) is 18.2 Å². The van der Waals surface area contributed by atoms with Gasteiger partial charge in [-0.2, -0.15) is 0 Å². The number of hydrogen-bond donors (Lipinski definition) is 1. The topological polar surface area (TPSA) is 110 Å². The maximum absolute atomic E-state index is 13.9. The van der Waals surface area contributed by atoms with Crippen molar-refractivity contribution in [3.8, 4) is 11.1 Å². The fourth-order valence-electron chi connectivity index (χ4n) is 3.55. The Morgan fingerprint density at radius 3 is 2.58 bits per heavy atom. The minimum absolute atomic E-state index is 0.0348. The number of anilines is 2. The number of nitrogens with one attached hydrogen (secondary N) is 1. The first kappa shape index (κ1) is 20.5. The second kappa shape index (κ2) is 7.47. The van der Waals surface area contributed by atoms with Crippen LogP contribution in [-0.2, 0) is 14.8 Å². The molecule has 1 heterocycles. The van der Waals surface area contributed by atoms with E-state index in [0.717, 1.165) is 10.4 Å². The lowest BCUT2D eigenvalue weighted by molar-refractivity contribution is -0.385. The van der Waals surface area contributed by atoms with Gasteiger partial charge in [0.15, 0.2) is 0 Å². The van der Waals surface area contributed by atoms with Crippen LogP contribution in [0.4, 0.5) is 21.5 Å². The molecule has 1 amide bonds. The quantitative estimate of drug-likeness (QED) is 0.488. The van der Waals surface area contributed by atoms with Gasteiger partial charge in [-0.25, -0.2) is 12.8 Å². The lowest BCUT2D eigenvalue weighted by Gasteiger charge is -2.31. The first-order valence-electron chi connectivity index (χ1n) is 9.15. The van der Waals surface area contributed by atoms with E-state index in [1.165, 1.54) is 43.3 Å². The molecule has 0 atom stereocenters. The highest BCUT2D eigenvalue weighted by Gasteiger charge is 2.36. The monoisotopic (exact) mass is 441 g/mol. The molecule has 0 aromatic heterocycles. The summed E-state index contributed by atoms with van der Waals surface area (Å²) in [6.07, 6.45) is 0. The zero-order chi connectivity index (χ0) is 22.3. The van der Waals surface area contributed by atoms with Crippen LogP contribution in [0.2, 0.25) is 0 Å². The van der Waals surface area contributed by atoms with Crippen molar-refractivity contribution >= 4 is 33.0 Å².